The Morgan fingerprint density at radius 1 is 1.31 bits per heavy atom. The number of hydrogen-bond acceptors (Lipinski definition) is 5. The Balaban J connectivity index is 1.90. The van der Waals surface area contributed by atoms with Crippen molar-refractivity contribution in [3.8, 4) is 0 Å². The number of hydrogen-bond donors (Lipinski definition) is 3. The van der Waals surface area contributed by atoms with Gasteiger partial charge < -0.3 is 15.7 Å². The minimum atomic E-state index is -0.532. The molecular weight excluding hydrogens is 204 g/mol. The van der Waals surface area contributed by atoms with Crippen molar-refractivity contribution in [1.29, 1.82) is 0 Å². The molecule has 3 N–H and O–H groups in total. The molecule has 1 aromatic rings. The molecule has 1 aromatic heterocycles. The predicted octanol–water partition coefficient (Wildman–Crippen LogP) is 1.24. The first-order chi connectivity index (χ1) is 7.72. The van der Waals surface area contributed by atoms with E-state index in [2.05, 4.69) is 20.6 Å². The van der Waals surface area contributed by atoms with Crippen LogP contribution in [0.4, 0.5) is 11.6 Å². The van der Waals surface area contributed by atoms with Crippen LogP contribution in [0.15, 0.2) is 12.4 Å². The van der Waals surface area contributed by atoms with Crippen molar-refractivity contribution in [2.24, 2.45) is 0 Å². The fourth-order valence-electron chi connectivity index (χ4n) is 1.73. The van der Waals surface area contributed by atoms with Gasteiger partial charge in [0.05, 0.1) is 18.0 Å². The van der Waals surface area contributed by atoms with Crippen LogP contribution in [0.3, 0.4) is 0 Å². The summed E-state index contributed by atoms with van der Waals surface area (Å²) in [5.74, 6) is 1.46. The van der Waals surface area contributed by atoms with Crippen molar-refractivity contribution in [2.75, 3.05) is 23.7 Å². The molecule has 0 aliphatic heterocycles. The molecular formula is C11H18N4O. The molecule has 1 heterocycles. The topological polar surface area (TPSA) is 70.1 Å². The Kier molecular flexibility index (Phi) is 3.24. The zero-order valence-corrected chi connectivity index (χ0v) is 9.53. The van der Waals surface area contributed by atoms with Gasteiger partial charge in [0.1, 0.15) is 11.6 Å². The molecule has 0 saturated heterocycles. The van der Waals surface area contributed by atoms with Crippen LogP contribution in [0.5, 0.6) is 0 Å². The molecule has 1 fully saturated rings. The maximum absolute atomic E-state index is 9.92. The van der Waals surface area contributed by atoms with Crippen LogP contribution in [-0.2, 0) is 0 Å². The molecule has 0 aromatic carbocycles. The van der Waals surface area contributed by atoms with E-state index in [4.69, 9.17) is 0 Å². The zero-order chi connectivity index (χ0) is 11.4. The summed E-state index contributed by atoms with van der Waals surface area (Å²) in [6.07, 6.45) is 6.22. The predicted molar refractivity (Wildman–Crippen MR) is 63.5 cm³/mol. The van der Waals surface area contributed by atoms with E-state index >= 15 is 0 Å². The Morgan fingerprint density at radius 3 is 2.56 bits per heavy atom. The van der Waals surface area contributed by atoms with E-state index in [-0.39, 0.29) is 0 Å². The zero-order valence-electron chi connectivity index (χ0n) is 9.53. The molecule has 0 radical (unpaired) electrons. The van der Waals surface area contributed by atoms with Gasteiger partial charge in [0.15, 0.2) is 0 Å². The van der Waals surface area contributed by atoms with Crippen molar-refractivity contribution in [3.05, 3.63) is 12.4 Å². The second kappa shape index (κ2) is 4.65. The van der Waals surface area contributed by atoms with Crippen molar-refractivity contribution in [1.82, 2.24) is 9.97 Å². The van der Waals surface area contributed by atoms with Crippen molar-refractivity contribution >= 4 is 11.6 Å². The lowest BCUT2D eigenvalue weighted by molar-refractivity contribution is -0.0202. The van der Waals surface area contributed by atoms with E-state index in [9.17, 15) is 5.11 Å². The van der Waals surface area contributed by atoms with Crippen molar-refractivity contribution in [2.45, 2.75) is 31.8 Å². The van der Waals surface area contributed by atoms with Gasteiger partial charge in [0.2, 0.25) is 0 Å². The molecule has 16 heavy (non-hydrogen) atoms. The summed E-state index contributed by atoms with van der Waals surface area (Å²) in [5.41, 5.74) is -0.532. The molecule has 2 rings (SSSR count). The summed E-state index contributed by atoms with van der Waals surface area (Å²) < 4.78 is 0. The Bertz CT molecular complexity index is 352. The minimum absolute atomic E-state index is 0.532. The molecule has 0 spiro atoms. The number of nitrogens with zero attached hydrogens (tertiary/aromatic N) is 2. The van der Waals surface area contributed by atoms with Crippen LogP contribution < -0.4 is 10.6 Å². The van der Waals surface area contributed by atoms with Crippen LogP contribution in [0, 0.1) is 0 Å². The lowest BCUT2D eigenvalue weighted by atomic mass is 9.80. The normalized spacial score (nSPS) is 17.6. The van der Waals surface area contributed by atoms with Gasteiger partial charge in [0, 0.05) is 13.1 Å². The molecule has 1 aliphatic rings. The average molecular weight is 222 g/mol. The molecule has 0 unspecified atom stereocenters. The van der Waals surface area contributed by atoms with E-state index in [0.717, 1.165) is 31.6 Å². The van der Waals surface area contributed by atoms with Gasteiger partial charge in [0.25, 0.3) is 0 Å². The minimum Gasteiger partial charge on any atom is -0.388 e. The lowest BCUT2D eigenvalue weighted by Gasteiger charge is -2.36. The highest BCUT2D eigenvalue weighted by Gasteiger charge is 2.33. The Labute approximate surface area is 95.3 Å². The molecule has 5 nitrogen and oxygen atoms in total. The monoisotopic (exact) mass is 222 g/mol. The van der Waals surface area contributed by atoms with Crippen molar-refractivity contribution in [3.63, 3.8) is 0 Å². The van der Waals surface area contributed by atoms with Crippen LogP contribution in [0.25, 0.3) is 0 Å². The number of aromatic nitrogens is 2. The standard InChI is InChI=1S/C11H18N4O/c1-2-13-9-6-12-7-10(15-9)14-8-11(16)4-3-5-11/h6-7,16H,2-5,8H2,1H3,(H2,13,14,15). The first kappa shape index (κ1) is 11.1. The second-order valence-corrected chi connectivity index (χ2v) is 4.25. The molecule has 1 saturated carbocycles. The lowest BCUT2D eigenvalue weighted by Crippen LogP contribution is -2.43. The van der Waals surface area contributed by atoms with Gasteiger partial charge in [-0.3, -0.25) is 4.98 Å². The number of anilines is 2. The van der Waals surface area contributed by atoms with E-state index < -0.39 is 5.60 Å². The summed E-state index contributed by atoms with van der Waals surface area (Å²) in [6, 6.07) is 0. The van der Waals surface area contributed by atoms with Gasteiger partial charge in [-0.1, -0.05) is 0 Å². The van der Waals surface area contributed by atoms with E-state index in [0.29, 0.717) is 12.4 Å². The average Bonchev–Trinajstić information content (AvgIpc) is 2.25. The van der Waals surface area contributed by atoms with Gasteiger partial charge in [-0.2, -0.15) is 0 Å². The second-order valence-electron chi connectivity index (χ2n) is 4.25. The fourth-order valence-corrected chi connectivity index (χ4v) is 1.73. The summed E-state index contributed by atoms with van der Waals surface area (Å²) in [7, 11) is 0. The highest BCUT2D eigenvalue weighted by atomic mass is 16.3. The van der Waals surface area contributed by atoms with E-state index in [1.165, 1.54) is 0 Å². The first-order valence-electron chi connectivity index (χ1n) is 5.74. The Morgan fingerprint density at radius 2 is 2.00 bits per heavy atom. The van der Waals surface area contributed by atoms with E-state index in [1.807, 2.05) is 6.92 Å². The van der Waals surface area contributed by atoms with Gasteiger partial charge in [-0.25, -0.2) is 4.98 Å². The summed E-state index contributed by atoms with van der Waals surface area (Å²) in [5, 5.41) is 16.1. The molecule has 0 bridgehead atoms. The summed E-state index contributed by atoms with van der Waals surface area (Å²) >= 11 is 0. The quantitative estimate of drug-likeness (QED) is 0.699. The Hall–Kier alpha value is -1.36. The highest BCUT2D eigenvalue weighted by molar-refractivity contribution is 5.41. The summed E-state index contributed by atoms with van der Waals surface area (Å²) in [6.45, 7) is 3.39. The fraction of sp³-hybridized carbons (Fsp3) is 0.636. The SMILES string of the molecule is CCNc1cncc(NCC2(O)CCC2)n1. The number of aliphatic hydroxyl groups is 1. The van der Waals surface area contributed by atoms with Crippen molar-refractivity contribution < 1.29 is 5.11 Å². The van der Waals surface area contributed by atoms with Gasteiger partial charge in [-0.15, -0.1) is 0 Å². The number of rotatable bonds is 5. The highest BCUT2D eigenvalue weighted by Crippen LogP contribution is 2.31. The van der Waals surface area contributed by atoms with E-state index in [1.54, 1.807) is 12.4 Å². The third-order valence-electron chi connectivity index (χ3n) is 2.88. The number of nitrogens with one attached hydrogen (secondary N) is 2. The maximum Gasteiger partial charge on any atom is 0.147 e. The van der Waals surface area contributed by atoms with Crippen LogP contribution in [-0.4, -0.2) is 33.8 Å². The van der Waals surface area contributed by atoms with Crippen LogP contribution in [0.1, 0.15) is 26.2 Å². The van der Waals surface area contributed by atoms with Crippen LogP contribution in [0.2, 0.25) is 0 Å². The molecule has 1 aliphatic carbocycles. The first-order valence-corrected chi connectivity index (χ1v) is 5.74. The maximum atomic E-state index is 9.92. The summed E-state index contributed by atoms with van der Waals surface area (Å²) in [4.78, 5) is 8.41. The molecule has 0 amide bonds. The third-order valence-corrected chi connectivity index (χ3v) is 2.88. The largest absolute Gasteiger partial charge is 0.388 e. The third kappa shape index (κ3) is 2.61. The van der Waals surface area contributed by atoms with Gasteiger partial charge in [-0.05, 0) is 26.2 Å². The molecule has 0 atom stereocenters. The van der Waals surface area contributed by atoms with Gasteiger partial charge >= 0.3 is 0 Å². The smallest absolute Gasteiger partial charge is 0.147 e. The molecule has 5 heteroatoms. The molecule has 88 valence electrons. The van der Waals surface area contributed by atoms with Crippen LogP contribution >= 0.6 is 0 Å².